The Balaban J connectivity index is 1.57. The van der Waals surface area contributed by atoms with Crippen molar-refractivity contribution in [1.29, 1.82) is 0 Å². The fourth-order valence-electron chi connectivity index (χ4n) is 2.17. The first-order valence-corrected chi connectivity index (χ1v) is 7.84. The maximum Gasteiger partial charge on any atom is 0.322 e. The van der Waals surface area contributed by atoms with E-state index >= 15 is 0 Å². The minimum Gasteiger partial charge on any atom is -0.497 e. The van der Waals surface area contributed by atoms with E-state index in [4.69, 9.17) is 9.15 Å². The van der Waals surface area contributed by atoms with Crippen LogP contribution >= 0.6 is 11.3 Å². The van der Waals surface area contributed by atoms with E-state index in [1.165, 1.54) is 23.5 Å². The van der Waals surface area contributed by atoms with Gasteiger partial charge in [-0.1, -0.05) is 16.4 Å². The molecule has 0 aliphatic rings. The van der Waals surface area contributed by atoms with Gasteiger partial charge in [0.05, 0.1) is 17.3 Å². The molecule has 4 rings (SSSR count). The van der Waals surface area contributed by atoms with Crippen molar-refractivity contribution in [2.24, 2.45) is 0 Å². The van der Waals surface area contributed by atoms with Crippen LogP contribution in [0.1, 0.15) is 0 Å². The van der Waals surface area contributed by atoms with Crippen molar-refractivity contribution in [3.05, 3.63) is 48.3 Å². The minimum atomic E-state index is -0.294. The zero-order chi connectivity index (χ0) is 16.5. The monoisotopic (exact) mass is 342 g/mol. The molecule has 0 saturated carbocycles. The zero-order valence-corrected chi connectivity index (χ0v) is 13.3. The van der Waals surface area contributed by atoms with Gasteiger partial charge in [0.25, 0.3) is 0 Å². The molecule has 0 aliphatic carbocycles. The number of anilines is 2. The van der Waals surface area contributed by atoms with Crippen LogP contribution in [0.4, 0.5) is 15.5 Å². The third-order valence-electron chi connectivity index (χ3n) is 3.33. The van der Waals surface area contributed by atoms with Crippen LogP contribution in [-0.2, 0) is 0 Å². The lowest BCUT2D eigenvalue weighted by Gasteiger charge is -1.99. The highest BCUT2D eigenvalue weighted by Gasteiger charge is 2.11. The number of thiazole rings is 1. The number of fused-ring (bicyclic) bond motifs is 1. The van der Waals surface area contributed by atoms with Gasteiger partial charge < -0.3 is 9.15 Å². The predicted octanol–water partition coefficient (Wildman–Crippen LogP) is 4.24. The quantitative estimate of drug-likeness (QED) is 0.598. The lowest BCUT2D eigenvalue weighted by molar-refractivity contribution is 0.415. The van der Waals surface area contributed by atoms with Crippen molar-refractivity contribution in [2.75, 3.05) is 12.4 Å². The van der Waals surface area contributed by atoms with Crippen LogP contribution in [0.15, 0.2) is 46.9 Å². The lowest BCUT2D eigenvalue weighted by Crippen LogP contribution is -1.88. The van der Waals surface area contributed by atoms with Gasteiger partial charge in [0.15, 0.2) is 5.13 Å². The lowest BCUT2D eigenvalue weighted by atomic mass is 10.2. The molecule has 0 aliphatic heterocycles. The third kappa shape index (κ3) is 2.79. The minimum absolute atomic E-state index is 0.223. The Morgan fingerprint density at radius 1 is 1.12 bits per heavy atom. The standard InChI is InChI=1S/C16H11FN4O2S/c1-22-11-5-2-9(3-6-11)14-20-21-15(23-14)19-16-18-12-7-4-10(17)8-13(12)24-16/h2-8H,1H3,(H,18,19,21). The van der Waals surface area contributed by atoms with Crippen molar-refractivity contribution in [1.82, 2.24) is 15.2 Å². The van der Waals surface area contributed by atoms with Gasteiger partial charge in [-0.25, -0.2) is 9.37 Å². The number of hydrogen-bond acceptors (Lipinski definition) is 7. The van der Waals surface area contributed by atoms with Gasteiger partial charge in [-0.2, -0.15) is 0 Å². The molecule has 0 bridgehead atoms. The summed E-state index contributed by atoms with van der Waals surface area (Å²) >= 11 is 1.31. The molecule has 0 saturated heterocycles. The summed E-state index contributed by atoms with van der Waals surface area (Å²) in [7, 11) is 1.60. The maximum atomic E-state index is 13.2. The van der Waals surface area contributed by atoms with E-state index in [-0.39, 0.29) is 11.8 Å². The molecule has 6 nitrogen and oxygen atoms in total. The van der Waals surface area contributed by atoms with Gasteiger partial charge in [-0.15, -0.1) is 5.10 Å². The van der Waals surface area contributed by atoms with Crippen molar-refractivity contribution in [3.63, 3.8) is 0 Å². The average molecular weight is 342 g/mol. The summed E-state index contributed by atoms with van der Waals surface area (Å²) < 4.78 is 24.7. The van der Waals surface area contributed by atoms with Crippen molar-refractivity contribution in [2.45, 2.75) is 0 Å². The zero-order valence-electron chi connectivity index (χ0n) is 12.5. The molecule has 4 aromatic rings. The molecule has 0 atom stereocenters. The molecule has 120 valence electrons. The van der Waals surface area contributed by atoms with E-state index < -0.39 is 0 Å². The first-order chi connectivity index (χ1) is 11.7. The predicted molar refractivity (Wildman–Crippen MR) is 89.1 cm³/mol. The number of hydrogen-bond donors (Lipinski definition) is 1. The van der Waals surface area contributed by atoms with Crippen LogP contribution in [0.2, 0.25) is 0 Å². The second-order valence-electron chi connectivity index (χ2n) is 4.90. The van der Waals surface area contributed by atoms with E-state index in [0.717, 1.165) is 16.0 Å². The Hall–Kier alpha value is -3.00. The summed E-state index contributed by atoms with van der Waals surface area (Å²) in [5.41, 5.74) is 1.49. The molecule has 0 spiro atoms. The number of ether oxygens (including phenoxy) is 1. The summed E-state index contributed by atoms with van der Waals surface area (Å²) in [6.07, 6.45) is 0. The molecule has 0 unspecified atom stereocenters. The molecule has 8 heteroatoms. The van der Waals surface area contributed by atoms with E-state index in [1.54, 1.807) is 13.2 Å². The largest absolute Gasteiger partial charge is 0.497 e. The molecule has 0 fully saturated rings. The Kier molecular flexibility index (Phi) is 3.58. The number of nitrogens with zero attached hydrogens (tertiary/aromatic N) is 3. The fourth-order valence-corrected chi connectivity index (χ4v) is 3.05. The Morgan fingerprint density at radius 2 is 1.96 bits per heavy atom. The highest BCUT2D eigenvalue weighted by molar-refractivity contribution is 7.22. The first kappa shape index (κ1) is 14.6. The van der Waals surface area contributed by atoms with Crippen molar-refractivity contribution >= 4 is 32.7 Å². The second kappa shape index (κ2) is 5.89. The van der Waals surface area contributed by atoms with Gasteiger partial charge in [0, 0.05) is 5.56 Å². The number of rotatable bonds is 4. The molecule has 24 heavy (non-hydrogen) atoms. The molecule has 2 aromatic heterocycles. The average Bonchev–Trinajstić information content (AvgIpc) is 3.21. The summed E-state index contributed by atoms with van der Waals surface area (Å²) in [5.74, 6) is 0.836. The van der Waals surface area contributed by atoms with Crippen LogP contribution in [0.3, 0.4) is 0 Å². The van der Waals surface area contributed by atoms with Crippen molar-refractivity contribution < 1.29 is 13.5 Å². The van der Waals surface area contributed by atoms with E-state index in [9.17, 15) is 4.39 Å². The Labute approximate surface area is 139 Å². The van der Waals surface area contributed by atoms with Crippen LogP contribution in [0.5, 0.6) is 5.75 Å². The maximum absolute atomic E-state index is 13.2. The van der Waals surface area contributed by atoms with Crippen LogP contribution < -0.4 is 10.1 Å². The first-order valence-electron chi connectivity index (χ1n) is 7.02. The van der Waals surface area contributed by atoms with Gasteiger partial charge in [0.2, 0.25) is 5.89 Å². The summed E-state index contributed by atoms with van der Waals surface area (Å²) in [6, 6.07) is 12.0. The van der Waals surface area contributed by atoms with Gasteiger partial charge >= 0.3 is 6.01 Å². The smallest absolute Gasteiger partial charge is 0.322 e. The van der Waals surface area contributed by atoms with Crippen LogP contribution in [0.25, 0.3) is 21.7 Å². The topological polar surface area (TPSA) is 73.1 Å². The molecule has 1 N–H and O–H groups in total. The van der Waals surface area contributed by atoms with Gasteiger partial charge in [-0.3, -0.25) is 5.32 Å². The van der Waals surface area contributed by atoms with Crippen LogP contribution in [-0.4, -0.2) is 22.3 Å². The molecule has 2 heterocycles. The fraction of sp³-hybridized carbons (Fsp3) is 0.0625. The van der Waals surface area contributed by atoms with E-state index in [1.807, 2.05) is 24.3 Å². The summed E-state index contributed by atoms with van der Waals surface area (Å²) in [6.45, 7) is 0. The highest BCUT2D eigenvalue weighted by Crippen LogP contribution is 2.29. The molecule has 2 aromatic carbocycles. The molecular weight excluding hydrogens is 331 g/mol. The Bertz CT molecular complexity index is 997. The van der Waals surface area contributed by atoms with E-state index in [2.05, 4.69) is 20.5 Å². The number of methoxy groups -OCH3 is 1. The molecule has 0 radical (unpaired) electrons. The summed E-state index contributed by atoms with van der Waals surface area (Å²) in [4.78, 5) is 4.35. The van der Waals surface area contributed by atoms with E-state index in [0.29, 0.717) is 16.5 Å². The third-order valence-corrected chi connectivity index (χ3v) is 4.26. The number of nitrogens with one attached hydrogen (secondary N) is 1. The Morgan fingerprint density at radius 3 is 2.75 bits per heavy atom. The SMILES string of the molecule is COc1ccc(-c2nnc(Nc3nc4ccc(F)cc4s3)o2)cc1. The molecular formula is C16H11FN4O2S. The highest BCUT2D eigenvalue weighted by atomic mass is 32.1. The molecule has 0 amide bonds. The number of halogens is 1. The van der Waals surface area contributed by atoms with Gasteiger partial charge in [-0.05, 0) is 42.5 Å². The second-order valence-corrected chi connectivity index (χ2v) is 5.93. The number of benzene rings is 2. The number of aromatic nitrogens is 3. The van der Waals surface area contributed by atoms with Gasteiger partial charge in [0.1, 0.15) is 11.6 Å². The normalized spacial score (nSPS) is 10.9. The van der Waals surface area contributed by atoms with Crippen molar-refractivity contribution in [3.8, 4) is 17.2 Å². The van der Waals surface area contributed by atoms with Crippen LogP contribution in [0, 0.1) is 5.82 Å². The summed E-state index contributed by atoms with van der Waals surface area (Å²) in [5, 5.41) is 11.5.